The number of hydrogen-bond acceptors (Lipinski definition) is 1. The standard InChI is InChI=1S/C16H26BrN/c1-4-6-9-14(5-2)12-18-13(3)15-10-7-8-11-16(15)17/h7-8,10-11,13-14,18H,4-6,9,12H2,1-3H3/t13-,14?/m1/s1. The number of hydrogen-bond donors (Lipinski definition) is 1. The molecule has 2 atom stereocenters. The molecule has 0 saturated heterocycles. The summed E-state index contributed by atoms with van der Waals surface area (Å²) >= 11 is 3.62. The lowest BCUT2D eigenvalue weighted by Crippen LogP contribution is -2.25. The predicted octanol–water partition coefficient (Wildman–Crippen LogP) is 5.32. The lowest BCUT2D eigenvalue weighted by atomic mass is 9.98. The van der Waals surface area contributed by atoms with Crippen molar-refractivity contribution in [3.05, 3.63) is 34.3 Å². The second-order valence-electron chi connectivity index (χ2n) is 5.07. The average molecular weight is 312 g/mol. The zero-order valence-electron chi connectivity index (χ0n) is 11.9. The fraction of sp³-hybridized carbons (Fsp3) is 0.625. The van der Waals surface area contributed by atoms with Crippen molar-refractivity contribution in [2.45, 2.75) is 52.5 Å². The van der Waals surface area contributed by atoms with Crippen LogP contribution < -0.4 is 5.32 Å². The second-order valence-corrected chi connectivity index (χ2v) is 5.92. The smallest absolute Gasteiger partial charge is 0.0303 e. The highest BCUT2D eigenvalue weighted by atomic mass is 79.9. The Labute approximate surface area is 120 Å². The molecule has 2 heteroatoms. The van der Waals surface area contributed by atoms with Crippen LogP contribution in [0.2, 0.25) is 0 Å². The van der Waals surface area contributed by atoms with E-state index in [2.05, 4.69) is 66.3 Å². The summed E-state index contributed by atoms with van der Waals surface area (Å²) in [5, 5.41) is 3.67. The van der Waals surface area contributed by atoms with Crippen LogP contribution >= 0.6 is 15.9 Å². The second kappa shape index (κ2) is 8.71. The van der Waals surface area contributed by atoms with Crippen molar-refractivity contribution in [1.29, 1.82) is 0 Å². The van der Waals surface area contributed by atoms with Crippen molar-refractivity contribution < 1.29 is 0 Å². The van der Waals surface area contributed by atoms with Crippen LogP contribution in [0.1, 0.15) is 58.1 Å². The van der Waals surface area contributed by atoms with Gasteiger partial charge in [-0.15, -0.1) is 0 Å². The summed E-state index contributed by atoms with van der Waals surface area (Å²) < 4.78 is 1.20. The van der Waals surface area contributed by atoms with Gasteiger partial charge in [-0.1, -0.05) is 67.2 Å². The van der Waals surface area contributed by atoms with Crippen LogP contribution in [0.5, 0.6) is 0 Å². The number of halogens is 1. The Morgan fingerprint density at radius 3 is 2.56 bits per heavy atom. The molecule has 0 aliphatic heterocycles. The van der Waals surface area contributed by atoms with Crippen molar-refractivity contribution >= 4 is 15.9 Å². The van der Waals surface area contributed by atoms with Gasteiger partial charge in [0.1, 0.15) is 0 Å². The van der Waals surface area contributed by atoms with Crippen LogP contribution in [0, 0.1) is 5.92 Å². The minimum absolute atomic E-state index is 0.413. The van der Waals surface area contributed by atoms with Gasteiger partial charge in [-0.2, -0.15) is 0 Å². The highest BCUT2D eigenvalue weighted by Crippen LogP contribution is 2.23. The van der Waals surface area contributed by atoms with E-state index in [9.17, 15) is 0 Å². The van der Waals surface area contributed by atoms with Crippen LogP contribution in [-0.2, 0) is 0 Å². The quantitative estimate of drug-likeness (QED) is 0.685. The van der Waals surface area contributed by atoms with Crippen LogP contribution in [0.4, 0.5) is 0 Å². The highest BCUT2D eigenvalue weighted by Gasteiger charge is 2.11. The van der Waals surface area contributed by atoms with Crippen LogP contribution in [-0.4, -0.2) is 6.54 Å². The van der Waals surface area contributed by atoms with Crippen LogP contribution in [0.3, 0.4) is 0 Å². The number of rotatable bonds is 8. The Bertz CT molecular complexity index is 338. The first kappa shape index (κ1) is 15.7. The molecule has 0 heterocycles. The molecule has 1 N–H and O–H groups in total. The zero-order valence-corrected chi connectivity index (χ0v) is 13.5. The lowest BCUT2D eigenvalue weighted by Gasteiger charge is -2.20. The van der Waals surface area contributed by atoms with Crippen molar-refractivity contribution in [2.75, 3.05) is 6.54 Å². The molecule has 0 aliphatic carbocycles. The normalized spacial score (nSPS) is 14.4. The number of benzene rings is 1. The molecule has 1 rings (SSSR count). The third-order valence-electron chi connectivity index (χ3n) is 3.63. The van der Waals surface area contributed by atoms with Gasteiger partial charge in [-0.05, 0) is 37.4 Å². The molecule has 1 unspecified atom stereocenters. The molecule has 1 aromatic carbocycles. The Morgan fingerprint density at radius 2 is 1.94 bits per heavy atom. The van der Waals surface area contributed by atoms with Gasteiger partial charge >= 0.3 is 0 Å². The van der Waals surface area contributed by atoms with E-state index in [1.165, 1.54) is 35.7 Å². The van der Waals surface area contributed by atoms with E-state index in [0.29, 0.717) is 6.04 Å². The number of unbranched alkanes of at least 4 members (excludes halogenated alkanes) is 1. The highest BCUT2D eigenvalue weighted by molar-refractivity contribution is 9.10. The molecule has 0 spiro atoms. The summed E-state index contributed by atoms with van der Waals surface area (Å²) in [6.45, 7) is 7.93. The summed E-state index contributed by atoms with van der Waals surface area (Å²) in [5.41, 5.74) is 1.35. The third kappa shape index (κ3) is 5.11. The molecule has 18 heavy (non-hydrogen) atoms. The van der Waals surface area contributed by atoms with Gasteiger partial charge in [0.05, 0.1) is 0 Å². The van der Waals surface area contributed by atoms with Gasteiger partial charge in [-0.25, -0.2) is 0 Å². The monoisotopic (exact) mass is 311 g/mol. The summed E-state index contributed by atoms with van der Waals surface area (Å²) in [4.78, 5) is 0. The van der Waals surface area contributed by atoms with Gasteiger partial charge in [-0.3, -0.25) is 0 Å². The zero-order chi connectivity index (χ0) is 13.4. The first-order valence-corrected chi connectivity index (χ1v) is 7.96. The lowest BCUT2D eigenvalue weighted by molar-refractivity contribution is 0.398. The molecule has 0 bridgehead atoms. The largest absolute Gasteiger partial charge is 0.310 e. The molecule has 0 saturated carbocycles. The first-order valence-electron chi connectivity index (χ1n) is 7.16. The molecule has 1 aromatic rings. The Balaban J connectivity index is 2.44. The maximum atomic E-state index is 3.67. The van der Waals surface area contributed by atoms with E-state index in [1.807, 2.05) is 0 Å². The van der Waals surface area contributed by atoms with Gasteiger partial charge in [0.2, 0.25) is 0 Å². The molecule has 0 amide bonds. The maximum absolute atomic E-state index is 3.67. The van der Waals surface area contributed by atoms with E-state index in [-0.39, 0.29) is 0 Å². The Kier molecular flexibility index (Phi) is 7.60. The van der Waals surface area contributed by atoms with Gasteiger partial charge in [0, 0.05) is 10.5 Å². The Morgan fingerprint density at radius 1 is 1.22 bits per heavy atom. The molecule has 1 nitrogen and oxygen atoms in total. The minimum atomic E-state index is 0.413. The van der Waals surface area contributed by atoms with E-state index in [1.54, 1.807) is 0 Å². The summed E-state index contributed by atoms with van der Waals surface area (Å²) in [6.07, 6.45) is 5.28. The first-order chi connectivity index (χ1) is 8.69. The predicted molar refractivity (Wildman–Crippen MR) is 83.9 cm³/mol. The van der Waals surface area contributed by atoms with Gasteiger partial charge < -0.3 is 5.32 Å². The Hall–Kier alpha value is -0.340. The third-order valence-corrected chi connectivity index (χ3v) is 4.35. The molecular weight excluding hydrogens is 286 g/mol. The van der Waals surface area contributed by atoms with Crippen LogP contribution in [0.15, 0.2) is 28.7 Å². The minimum Gasteiger partial charge on any atom is -0.310 e. The van der Waals surface area contributed by atoms with Gasteiger partial charge in [0.15, 0.2) is 0 Å². The molecule has 0 aliphatic rings. The maximum Gasteiger partial charge on any atom is 0.0303 e. The van der Waals surface area contributed by atoms with Gasteiger partial charge in [0.25, 0.3) is 0 Å². The molecular formula is C16H26BrN. The van der Waals surface area contributed by atoms with E-state index in [0.717, 1.165) is 12.5 Å². The topological polar surface area (TPSA) is 12.0 Å². The molecule has 0 fully saturated rings. The fourth-order valence-corrected chi connectivity index (χ4v) is 2.85. The van der Waals surface area contributed by atoms with Crippen LogP contribution in [0.25, 0.3) is 0 Å². The SMILES string of the molecule is CCCCC(CC)CN[C@H](C)c1ccccc1Br. The number of nitrogens with one attached hydrogen (secondary N) is 1. The fourth-order valence-electron chi connectivity index (χ4n) is 2.22. The summed E-state index contributed by atoms with van der Waals surface area (Å²) in [5.74, 6) is 0.815. The average Bonchev–Trinajstić information content (AvgIpc) is 2.39. The molecule has 0 radical (unpaired) electrons. The van der Waals surface area contributed by atoms with Crippen molar-refractivity contribution in [3.63, 3.8) is 0 Å². The van der Waals surface area contributed by atoms with Crippen molar-refractivity contribution in [2.24, 2.45) is 5.92 Å². The van der Waals surface area contributed by atoms with Crippen molar-refractivity contribution in [3.8, 4) is 0 Å². The molecule has 0 aromatic heterocycles. The summed E-state index contributed by atoms with van der Waals surface area (Å²) in [7, 11) is 0. The summed E-state index contributed by atoms with van der Waals surface area (Å²) in [6, 6.07) is 8.89. The van der Waals surface area contributed by atoms with E-state index in [4.69, 9.17) is 0 Å². The van der Waals surface area contributed by atoms with E-state index < -0.39 is 0 Å². The van der Waals surface area contributed by atoms with E-state index >= 15 is 0 Å². The molecule has 102 valence electrons. The van der Waals surface area contributed by atoms with Crippen molar-refractivity contribution in [1.82, 2.24) is 5.32 Å².